The number of aromatic nitrogens is 3. The molecule has 1 aliphatic rings. The lowest BCUT2D eigenvalue weighted by Crippen LogP contribution is -2.50. The fraction of sp³-hybridized carbons (Fsp3) is 0.273. The Morgan fingerprint density at radius 3 is 1.91 bits per heavy atom. The minimum Gasteiger partial charge on any atom is -0.352 e. The van der Waals surface area contributed by atoms with E-state index in [-0.39, 0.29) is 19.2 Å². The van der Waals surface area contributed by atoms with Crippen LogP contribution in [-0.4, -0.2) is 52.3 Å². The van der Waals surface area contributed by atoms with Gasteiger partial charge in [0.25, 0.3) is 0 Å². The zero-order chi connectivity index (χ0) is 25.2. The van der Waals surface area contributed by atoms with Crippen molar-refractivity contribution in [3.05, 3.63) is 66.0 Å². The van der Waals surface area contributed by atoms with E-state index in [1.807, 2.05) is 4.90 Å². The molecule has 0 atom stereocenters. The fourth-order valence-corrected chi connectivity index (χ4v) is 3.54. The van der Waals surface area contributed by atoms with Gasteiger partial charge in [0.05, 0.1) is 16.8 Å². The largest absolute Gasteiger partial charge is 0.416 e. The second-order valence-electron chi connectivity index (χ2n) is 7.71. The molecule has 0 saturated carbocycles. The molecule has 0 spiro atoms. The van der Waals surface area contributed by atoms with Gasteiger partial charge in [-0.25, -0.2) is 4.79 Å². The molecule has 13 heteroatoms. The second-order valence-corrected chi connectivity index (χ2v) is 7.71. The van der Waals surface area contributed by atoms with Crippen molar-refractivity contribution in [2.75, 3.05) is 36.4 Å². The lowest BCUT2D eigenvalue weighted by molar-refractivity contribution is -0.143. The molecule has 1 saturated heterocycles. The molecule has 7 nitrogen and oxygen atoms in total. The monoisotopic (exact) mass is 496 g/mol. The number of rotatable bonds is 3. The number of carbonyl (C=O) groups excluding carboxylic acids is 1. The van der Waals surface area contributed by atoms with E-state index in [4.69, 9.17) is 0 Å². The number of benzene rings is 1. The molecule has 0 aliphatic carbocycles. The number of carbonyl (C=O) groups is 1. The van der Waals surface area contributed by atoms with E-state index in [1.165, 1.54) is 4.90 Å². The summed E-state index contributed by atoms with van der Waals surface area (Å²) < 4.78 is 78.3. The molecule has 184 valence electrons. The van der Waals surface area contributed by atoms with Gasteiger partial charge in [-0.05, 0) is 42.5 Å². The molecular weight excluding hydrogens is 478 g/mol. The quantitative estimate of drug-likeness (QED) is 0.521. The lowest BCUT2D eigenvalue weighted by atomic mass is 10.1. The fourth-order valence-electron chi connectivity index (χ4n) is 3.54. The van der Waals surface area contributed by atoms with E-state index >= 15 is 0 Å². The Bertz CT molecular complexity index is 1140. The molecule has 2 aromatic heterocycles. The topological polar surface area (TPSA) is 74.2 Å². The van der Waals surface area contributed by atoms with Crippen molar-refractivity contribution in [2.45, 2.75) is 12.4 Å². The van der Waals surface area contributed by atoms with Crippen molar-refractivity contribution < 1.29 is 31.1 Å². The van der Waals surface area contributed by atoms with Gasteiger partial charge in [-0.3, -0.25) is 4.98 Å². The molecule has 1 aliphatic heterocycles. The van der Waals surface area contributed by atoms with Crippen LogP contribution >= 0.6 is 0 Å². The first-order valence-electron chi connectivity index (χ1n) is 10.4. The number of urea groups is 1. The van der Waals surface area contributed by atoms with Crippen LogP contribution in [0.1, 0.15) is 11.1 Å². The number of pyridine rings is 1. The molecule has 0 bridgehead atoms. The number of hydrogen-bond acceptors (Lipinski definition) is 5. The smallest absolute Gasteiger partial charge is 0.352 e. The molecule has 0 radical (unpaired) electrons. The van der Waals surface area contributed by atoms with Gasteiger partial charge in [-0.2, -0.15) is 26.3 Å². The third kappa shape index (κ3) is 5.78. The van der Waals surface area contributed by atoms with Crippen molar-refractivity contribution in [3.8, 4) is 11.3 Å². The van der Waals surface area contributed by atoms with E-state index in [1.54, 1.807) is 36.7 Å². The summed E-state index contributed by atoms with van der Waals surface area (Å²) in [7, 11) is 0. The summed E-state index contributed by atoms with van der Waals surface area (Å²) in [6, 6.07) is 7.33. The summed E-state index contributed by atoms with van der Waals surface area (Å²) in [5.41, 5.74) is -2.07. The van der Waals surface area contributed by atoms with Crippen molar-refractivity contribution in [2.24, 2.45) is 0 Å². The van der Waals surface area contributed by atoms with E-state index in [0.29, 0.717) is 36.7 Å². The summed E-state index contributed by atoms with van der Waals surface area (Å²) in [4.78, 5) is 19.7. The Kier molecular flexibility index (Phi) is 6.50. The van der Waals surface area contributed by atoms with Crippen LogP contribution in [0.25, 0.3) is 11.3 Å². The zero-order valence-corrected chi connectivity index (χ0v) is 17.9. The molecular formula is C22H18F6N6O. The number of amides is 2. The number of piperazine rings is 1. The predicted octanol–water partition coefficient (Wildman–Crippen LogP) is 4.93. The van der Waals surface area contributed by atoms with Crippen molar-refractivity contribution >= 4 is 17.5 Å². The Morgan fingerprint density at radius 2 is 1.40 bits per heavy atom. The standard InChI is InChI=1S/C22H18F6N6O/c23-21(24,25)15-11-16(22(26,27)28)13-17(12-15)30-20(35)34-9-7-33(8-10-34)19-2-1-18(31-32-19)14-3-5-29-6-4-14/h1-6,11-13H,7-10H2,(H,30,35). The van der Waals surface area contributed by atoms with E-state index < -0.39 is 35.2 Å². The number of anilines is 2. The number of nitrogens with zero attached hydrogens (tertiary/aromatic N) is 5. The Hall–Kier alpha value is -3.90. The van der Waals surface area contributed by atoms with Gasteiger partial charge >= 0.3 is 18.4 Å². The van der Waals surface area contributed by atoms with Gasteiger partial charge in [0.1, 0.15) is 0 Å². The summed E-state index contributed by atoms with van der Waals surface area (Å²) in [5.74, 6) is 0.579. The van der Waals surface area contributed by atoms with Crippen LogP contribution in [0.4, 0.5) is 42.6 Å². The zero-order valence-electron chi connectivity index (χ0n) is 17.9. The predicted molar refractivity (Wildman–Crippen MR) is 115 cm³/mol. The highest BCUT2D eigenvalue weighted by Gasteiger charge is 2.37. The van der Waals surface area contributed by atoms with Crippen LogP contribution in [0.5, 0.6) is 0 Å². The average Bonchev–Trinajstić information content (AvgIpc) is 2.83. The summed E-state index contributed by atoms with van der Waals surface area (Å²) in [6.45, 7) is 1.08. The van der Waals surface area contributed by atoms with Crippen molar-refractivity contribution in [1.82, 2.24) is 20.1 Å². The van der Waals surface area contributed by atoms with Crippen LogP contribution in [0.15, 0.2) is 54.9 Å². The van der Waals surface area contributed by atoms with Crippen molar-refractivity contribution in [3.63, 3.8) is 0 Å². The highest BCUT2D eigenvalue weighted by Crippen LogP contribution is 2.37. The molecule has 1 N–H and O–H groups in total. The van der Waals surface area contributed by atoms with E-state index in [9.17, 15) is 31.1 Å². The van der Waals surface area contributed by atoms with Crippen LogP contribution in [0, 0.1) is 0 Å². The van der Waals surface area contributed by atoms with Gasteiger partial charge in [0, 0.05) is 49.8 Å². The molecule has 0 unspecified atom stereocenters. The van der Waals surface area contributed by atoms with Gasteiger partial charge < -0.3 is 15.1 Å². The number of alkyl halides is 6. The summed E-state index contributed by atoms with van der Waals surface area (Å²) >= 11 is 0. The van der Waals surface area contributed by atoms with Gasteiger partial charge in [-0.1, -0.05) is 0 Å². The van der Waals surface area contributed by atoms with E-state index in [0.717, 1.165) is 5.56 Å². The molecule has 2 amide bonds. The first kappa shape index (κ1) is 24.2. The molecule has 4 rings (SSSR count). The van der Waals surface area contributed by atoms with Crippen LogP contribution in [0.3, 0.4) is 0 Å². The van der Waals surface area contributed by atoms with Crippen LogP contribution in [0.2, 0.25) is 0 Å². The molecule has 1 fully saturated rings. The first-order chi connectivity index (χ1) is 16.5. The Morgan fingerprint density at radius 1 is 0.800 bits per heavy atom. The van der Waals surface area contributed by atoms with Gasteiger partial charge in [0.2, 0.25) is 0 Å². The summed E-state index contributed by atoms with van der Waals surface area (Å²) in [5, 5.41) is 10.6. The average molecular weight is 496 g/mol. The first-order valence-corrected chi connectivity index (χ1v) is 10.4. The van der Waals surface area contributed by atoms with Gasteiger partial charge in [0.15, 0.2) is 5.82 Å². The molecule has 3 heterocycles. The Labute approximate surface area is 195 Å². The molecule has 1 aromatic carbocycles. The van der Waals surface area contributed by atoms with Crippen LogP contribution in [-0.2, 0) is 12.4 Å². The number of nitrogens with one attached hydrogen (secondary N) is 1. The normalized spacial score (nSPS) is 14.7. The maximum absolute atomic E-state index is 13.0. The maximum atomic E-state index is 13.0. The SMILES string of the molecule is O=C(Nc1cc(C(F)(F)F)cc(C(F)(F)F)c1)N1CCN(c2ccc(-c3ccncc3)nn2)CC1. The number of halogens is 6. The minimum atomic E-state index is -5.00. The number of hydrogen-bond donors (Lipinski definition) is 1. The van der Waals surface area contributed by atoms with Gasteiger partial charge in [-0.15, -0.1) is 10.2 Å². The second kappa shape index (κ2) is 9.39. The highest BCUT2D eigenvalue weighted by molar-refractivity contribution is 5.89. The Balaban J connectivity index is 1.40. The van der Waals surface area contributed by atoms with Crippen molar-refractivity contribution in [1.29, 1.82) is 0 Å². The van der Waals surface area contributed by atoms with E-state index in [2.05, 4.69) is 20.5 Å². The minimum absolute atomic E-state index is 0.00934. The third-order valence-electron chi connectivity index (χ3n) is 5.36. The molecule has 3 aromatic rings. The summed E-state index contributed by atoms with van der Waals surface area (Å²) in [6.07, 6.45) is -6.72. The lowest BCUT2D eigenvalue weighted by Gasteiger charge is -2.35. The molecule has 35 heavy (non-hydrogen) atoms. The van der Waals surface area contributed by atoms with Crippen LogP contribution < -0.4 is 10.2 Å². The highest BCUT2D eigenvalue weighted by atomic mass is 19.4. The third-order valence-corrected chi connectivity index (χ3v) is 5.36. The maximum Gasteiger partial charge on any atom is 0.416 e.